The van der Waals surface area contributed by atoms with Crippen molar-refractivity contribution < 1.29 is 8.42 Å². The maximum Gasteiger partial charge on any atom is 0.261 e. The first kappa shape index (κ1) is 28.2. The van der Waals surface area contributed by atoms with E-state index in [2.05, 4.69) is 50.5 Å². The van der Waals surface area contributed by atoms with Gasteiger partial charge in [0, 0.05) is 44.0 Å². The van der Waals surface area contributed by atoms with E-state index < -0.39 is 10.0 Å². The molecule has 0 aliphatic carbocycles. The van der Waals surface area contributed by atoms with Gasteiger partial charge in [-0.2, -0.15) is 0 Å². The Morgan fingerprint density at radius 1 is 0.925 bits per heavy atom. The second-order valence-corrected chi connectivity index (χ2v) is 12.5. The zero-order chi connectivity index (χ0) is 28.3. The maximum absolute atomic E-state index is 12.9. The minimum atomic E-state index is -3.81. The first-order valence-corrected chi connectivity index (χ1v) is 15.2. The quantitative estimate of drug-likeness (QED) is 0.287. The minimum Gasteiger partial charge on any atom is -0.355 e. The third kappa shape index (κ3) is 6.52. The number of fused-ring (bicyclic) bond motifs is 1. The van der Waals surface area contributed by atoms with Gasteiger partial charge < -0.3 is 14.7 Å². The second-order valence-electron chi connectivity index (χ2n) is 10.4. The smallest absolute Gasteiger partial charge is 0.261 e. The summed E-state index contributed by atoms with van der Waals surface area (Å²) in [5, 5.41) is 0.0712. The molecule has 1 N–H and O–H groups in total. The lowest BCUT2D eigenvalue weighted by Crippen LogP contribution is -2.45. The van der Waals surface area contributed by atoms with Gasteiger partial charge in [-0.05, 0) is 69.9 Å². The summed E-state index contributed by atoms with van der Waals surface area (Å²) in [6, 6.07) is 16.2. The Labute approximate surface area is 240 Å². The number of pyridine rings is 1. The molecule has 0 atom stereocenters. The average Bonchev–Trinajstić information content (AvgIpc) is 2.97. The van der Waals surface area contributed by atoms with E-state index in [-0.39, 0.29) is 15.7 Å². The Kier molecular flexibility index (Phi) is 8.51. The topological polar surface area (TPSA) is 94.6 Å². The van der Waals surface area contributed by atoms with Crippen LogP contribution >= 0.6 is 11.6 Å². The molecule has 5 rings (SSSR count). The summed E-state index contributed by atoms with van der Waals surface area (Å²) in [7, 11) is 2.62. The summed E-state index contributed by atoms with van der Waals surface area (Å²) in [5.74, 6) is 0.865. The number of hydrogen-bond donors (Lipinski definition) is 1. The number of anilines is 2. The molecule has 3 heterocycles. The number of sulfonamides is 1. The van der Waals surface area contributed by atoms with Crippen molar-refractivity contribution in [2.24, 2.45) is 0 Å². The Balaban J connectivity index is 1.33. The largest absolute Gasteiger partial charge is 0.355 e. The van der Waals surface area contributed by atoms with Crippen molar-refractivity contribution in [1.82, 2.24) is 24.8 Å². The van der Waals surface area contributed by atoms with Crippen molar-refractivity contribution in [3.63, 3.8) is 0 Å². The van der Waals surface area contributed by atoms with Crippen LogP contribution in [0.4, 0.5) is 11.5 Å². The van der Waals surface area contributed by atoms with E-state index in [1.165, 1.54) is 12.1 Å². The molecular formula is C29H34ClN7O2S. The lowest BCUT2D eigenvalue weighted by Gasteiger charge is -2.37. The van der Waals surface area contributed by atoms with Crippen molar-refractivity contribution in [3.8, 4) is 11.1 Å². The van der Waals surface area contributed by atoms with E-state index in [9.17, 15) is 8.42 Å². The predicted molar refractivity (Wildman–Crippen MR) is 161 cm³/mol. The van der Waals surface area contributed by atoms with Gasteiger partial charge in [-0.25, -0.2) is 18.4 Å². The van der Waals surface area contributed by atoms with Crippen LogP contribution in [0, 0.1) is 0 Å². The molecule has 0 saturated carbocycles. The first-order valence-electron chi connectivity index (χ1n) is 13.3. The zero-order valence-electron chi connectivity index (χ0n) is 23.0. The fourth-order valence-electron chi connectivity index (χ4n) is 4.89. The standard InChI is InChI=1S/C29H34ClN7O2S/c1-35(2)15-16-36(3)23-11-13-37(14-12-23)28-20-31-25-10-9-21(17-26(25)33-28)22-18-27(29(30)32-19-22)34-40(38,39)24-7-5-4-6-8-24/h4-10,17-20,23,34H,11-16H2,1-3H3. The molecule has 9 nitrogen and oxygen atoms in total. The van der Waals surface area contributed by atoms with E-state index in [4.69, 9.17) is 16.6 Å². The highest BCUT2D eigenvalue weighted by Crippen LogP contribution is 2.30. The van der Waals surface area contributed by atoms with Crippen LogP contribution in [0.25, 0.3) is 22.2 Å². The zero-order valence-corrected chi connectivity index (χ0v) is 24.5. The molecule has 4 aromatic rings. The summed E-state index contributed by atoms with van der Waals surface area (Å²) in [6.45, 7) is 3.98. The molecule has 1 fully saturated rings. The molecule has 210 valence electrons. The molecular weight excluding hydrogens is 546 g/mol. The number of halogens is 1. The molecule has 1 aliphatic heterocycles. The number of nitrogens with one attached hydrogen (secondary N) is 1. The van der Waals surface area contributed by atoms with E-state index in [0.29, 0.717) is 11.6 Å². The highest BCUT2D eigenvalue weighted by Gasteiger charge is 2.23. The van der Waals surface area contributed by atoms with Crippen LogP contribution in [0.5, 0.6) is 0 Å². The fourth-order valence-corrected chi connectivity index (χ4v) is 6.18. The molecule has 2 aromatic heterocycles. The number of rotatable bonds is 9. The molecule has 0 spiro atoms. The number of piperidine rings is 1. The van der Waals surface area contributed by atoms with Crippen molar-refractivity contribution in [2.45, 2.75) is 23.8 Å². The Morgan fingerprint density at radius 3 is 2.40 bits per heavy atom. The van der Waals surface area contributed by atoms with Gasteiger partial charge in [0.2, 0.25) is 0 Å². The molecule has 1 aliphatic rings. The van der Waals surface area contributed by atoms with E-state index >= 15 is 0 Å². The van der Waals surface area contributed by atoms with Crippen LogP contribution in [-0.4, -0.2) is 86.5 Å². The van der Waals surface area contributed by atoms with Gasteiger partial charge in [-0.3, -0.25) is 9.71 Å². The molecule has 11 heteroatoms. The van der Waals surface area contributed by atoms with Gasteiger partial charge in [-0.15, -0.1) is 0 Å². The van der Waals surface area contributed by atoms with Crippen molar-refractivity contribution in [1.29, 1.82) is 0 Å². The SMILES string of the molecule is CN(C)CCN(C)C1CCN(c2cnc3ccc(-c4cnc(Cl)c(NS(=O)(=O)c5ccccc5)c4)cc3n2)CC1. The van der Waals surface area contributed by atoms with Gasteiger partial charge in [0.05, 0.1) is 27.8 Å². The third-order valence-electron chi connectivity index (χ3n) is 7.31. The van der Waals surface area contributed by atoms with E-state index in [1.807, 2.05) is 24.4 Å². The Morgan fingerprint density at radius 2 is 1.68 bits per heavy atom. The Bertz CT molecular complexity index is 1580. The van der Waals surface area contributed by atoms with Gasteiger partial charge in [0.1, 0.15) is 5.82 Å². The highest BCUT2D eigenvalue weighted by atomic mass is 35.5. The highest BCUT2D eigenvalue weighted by molar-refractivity contribution is 7.92. The monoisotopic (exact) mass is 579 g/mol. The molecule has 0 unspecified atom stereocenters. The summed E-state index contributed by atoms with van der Waals surface area (Å²) in [4.78, 5) is 21.0. The summed E-state index contributed by atoms with van der Waals surface area (Å²) < 4.78 is 28.3. The summed E-state index contributed by atoms with van der Waals surface area (Å²) >= 11 is 6.27. The summed E-state index contributed by atoms with van der Waals surface area (Å²) in [6.07, 6.45) is 5.64. The van der Waals surface area contributed by atoms with Crippen LogP contribution in [-0.2, 0) is 10.0 Å². The minimum absolute atomic E-state index is 0.0712. The Hall–Kier alpha value is -3.31. The van der Waals surface area contributed by atoms with Crippen molar-refractivity contribution in [2.75, 3.05) is 56.9 Å². The molecule has 0 amide bonds. The first-order chi connectivity index (χ1) is 19.2. The lowest BCUT2D eigenvalue weighted by molar-refractivity contribution is 0.190. The van der Waals surface area contributed by atoms with Crippen LogP contribution in [0.15, 0.2) is 71.9 Å². The van der Waals surface area contributed by atoms with E-state index in [1.54, 1.807) is 30.5 Å². The van der Waals surface area contributed by atoms with Gasteiger partial charge in [-0.1, -0.05) is 35.9 Å². The van der Waals surface area contributed by atoms with Crippen molar-refractivity contribution >= 4 is 44.2 Å². The lowest BCUT2D eigenvalue weighted by atomic mass is 10.0. The number of benzene rings is 2. The average molecular weight is 580 g/mol. The second kappa shape index (κ2) is 12.1. The van der Waals surface area contributed by atoms with E-state index in [0.717, 1.165) is 61.4 Å². The number of nitrogens with zero attached hydrogens (tertiary/aromatic N) is 6. The summed E-state index contributed by atoms with van der Waals surface area (Å²) in [5.41, 5.74) is 3.32. The molecule has 1 saturated heterocycles. The molecule has 2 aromatic carbocycles. The van der Waals surface area contributed by atoms with Crippen LogP contribution < -0.4 is 9.62 Å². The van der Waals surface area contributed by atoms with Crippen molar-refractivity contribution in [3.05, 3.63) is 72.1 Å². The normalized spacial score (nSPS) is 14.8. The fraction of sp³-hybridized carbons (Fsp3) is 0.345. The molecule has 40 heavy (non-hydrogen) atoms. The predicted octanol–water partition coefficient (Wildman–Crippen LogP) is 4.61. The third-order valence-corrected chi connectivity index (χ3v) is 8.99. The number of aromatic nitrogens is 3. The van der Waals surface area contributed by atoms with Crippen LogP contribution in [0.1, 0.15) is 12.8 Å². The molecule has 0 radical (unpaired) electrons. The number of hydrogen-bond acceptors (Lipinski definition) is 8. The van der Waals surface area contributed by atoms with Gasteiger partial charge >= 0.3 is 0 Å². The van der Waals surface area contributed by atoms with Gasteiger partial charge in [0.25, 0.3) is 10.0 Å². The van der Waals surface area contributed by atoms with Crippen LogP contribution in [0.3, 0.4) is 0 Å². The molecule has 0 bridgehead atoms. The maximum atomic E-state index is 12.9. The number of likely N-dealkylation sites (N-methyl/N-ethyl adjacent to an activating group) is 2. The van der Waals surface area contributed by atoms with Crippen LogP contribution in [0.2, 0.25) is 5.15 Å². The van der Waals surface area contributed by atoms with Gasteiger partial charge in [0.15, 0.2) is 5.15 Å².